The van der Waals surface area contributed by atoms with Crippen molar-refractivity contribution in [1.82, 2.24) is 20.3 Å². The highest BCUT2D eigenvalue weighted by Gasteiger charge is 2.13. The van der Waals surface area contributed by atoms with Crippen LogP contribution in [0.15, 0.2) is 30.3 Å². The SMILES string of the molecule is CCCC(=O)NC(=S)Nc1cc2nn(-c3ccc(N(CC)CC)cc3C)nc2cc1C. The van der Waals surface area contributed by atoms with Crippen molar-refractivity contribution in [2.45, 2.75) is 47.5 Å². The minimum absolute atomic E-state index is 0.0895. The maximum Gasteiger partial charge on any atom is 0.226 e. The van der Waals surface area contributed by atoms with Gasteiger partial charge in [-0.2, -0.15) is 4.80 Å². The molecule has 0 aliphatic heterocycles. The van der Waals surface area contributed by atoms with E-state index >= 15 is 0 Å². The molecule has 1 aromatic heterocycles. The number of hydrogen-bond donors (Lipinski definition) is 2. The molecule has 3 rings (SSSR count). The molecule has 0 spiro atoms. The zero-order chi connectivity index (χ0) is 22.5. The van der Waals surface area contributed by atoms with Gasteiger partial charge in [-0.15, -0.1) is 10.2 Å². The van der Waals surface area contributed by atoms with Gasteiger partial charge in [-0.05, 0) is 87.8 Å². The van der Waals surface area contributed by atoms with E-state index < -0.39 is 0 Å². The predicted molar refractivity (Wildman–Crippen MR) is 131 cm³/mol. The van der Waals surface area contributed by atoms with Gasteiger partial charge in [0.05, 0.1) is 5.69 Å². The predicted octanol–water partition coefficient (Wildman–Crippen LogP) is 4.50. The lowest BCUT2D eigenvalue weighted by Gasteiger charge is -2.22. The largest absolute Gasteiger partial charge is 0.372 e. The zero-order valence-electron chi connectivity index (χ0n) is 18.8. The van der Waals surface area contributed by atoms with Gasteiger partial charge in [-0.25, -0.2) is 0 Å². The molecule has 7 nitrogen and oxygen atoms in total. The van der Waals surface area contributed by atoms with Crippen molar-refractivity contribution in [2.24, 2.45) is 0 Å². The Morgan fingerprint density at radius 3 is 2.32 bits per heavy atom. The number of benzene rings is 2. The molecule has 0 bridgehead atoms. The van der Waals surface area contributed by atoms with E-state index in [1.165, 1.54) is 5.69 Å². The minimum atomic E-state index is -0.0895. The number of fused-ring (bicyclic) bond motifs is 1. The van der Waals surface area contributed by atoms with Gasteiger partial charge in [0.1, 0.15) is 11.0 Å². The van der Waals surface area contributed by atoms with Crippen LogP contribution < -0.4 is 15.5 Å². The number of anilines is 2. The molecular formula is C23H30N6OS. The molecule has 1 amide bonds. The van der Waals surface area contributed by atoms with Crippen molar-refractivity contribution in [3.05, 3.63) is 41.5 Å². The summed E-state index contributed by atoms with van der Waals surface area (Å²) < 4.78 is 0. The molecule has 31 heavy (non-hydrogen) atoms. The molecule has 0 saturated carbocycles. The monoisotopic (exact) mass is 438 g/mol. The first-order valence-corrected chi connectivity index (χ1v) is 11.1. The Morgan fingerprint density at radius 1 is 1.03 bits per heavy atom. The fraction of sp³-hybridized carbons (Fsp3) is 0.391. The Balaban J connectivity index is 1.87. The van der Waals surface area contributed by atoms with Crippen LogP contribution in [0.5, 0.6) is 0 Å². The summed E-state index contributed by atoms with van der Waals surface area (Å²) in [6.45, 7) is 12.3. The van der Waals surface area contributed by atoms with Gasteiger partial charge in [0.15, 0.2) is 5.11 Å². The number of aryl methyl sites for hydroxylation is 2. The van der Waals surface area contributed by atoms with Crippen molar-refractivity contribution in [1.29, 1.82) is 0 Å². The Labute approximate surface area is 188 Å². The summed E-state index contributed by atoms with van der Waals surface area (Å²) in [4.78, 5) is 15.8. The molecule has 164 valence electrons. The summed E-state index contributed by atoms with van der Waals surface area (Å²) in [6, 6.07) is 10.2. The summed E-state index contributed by atoms with van der Waals surface area (Å²) in [5, 5.41) is 15.4. The number of carbonyl (C=O) groups is 1. The van der Waals surface area contributed by atoms with Crippen molar-refractivity contribution in [3.63, 3.8) is 0 Å². The van der Waals surface area contributed by atoms with Gasteiger partial charge in [-0.3, -0.25) is 4.79 Å². The molecule has 1 heterocycles. The third-order valence-electron chi connectivity index (χ3n) is 5.23. The Bertz CT molecular complexity index is 1100. The Kier molecular flexibility index (Phi) is 7.22. The van der Waals surface area contributed by atoms with E-state index in [-0.39, 0.29) is 11.0 Å². The second kappa shape index (κ2) is 9.87. The van der Waals surface area contributed by atoms with Crippen LogP contribution in [0.25, 0.3) is 16.7 Å². The number of carbonyl (C=O) groups excluding carboxylic acids is 1. The molecule has 0 fully saturated rings. The molecule has 0 atom stereocenters. The highest BCUT2D eigenvalue weighted by molar-refractivity contribution is 7.80. The van der Waals surface area contributed by atoms with E-state index in [1.54, 1.807) is 4.80 Å². The van der Waals surface area contributed by atoms with Crippen LogP contribution in [0.4, 0.5) is 11.4 Å². The Morgan fingerprint density at radius 2 is 1.71 bits per heavy atom. The van der Waals surface area contributed by atoms with Crippen molar-refractivity contribution < 1.29 is 4.79 Å². The molecule has 3 aromatic rings. The lowest BCUT2D eigenvalue weighted by Crippen LogP contribution is -2.34. The third kappa shape index (κ3) is 5.19. The van der Waals surface area contributed by atoms with Crippen LogP contribution >= 0.6 is 12.2 Å². The minimum Gasteiger partial charge on any atom is -0.372 e. The number of hydrogen-bond acceptors (Lipinski definition) is 5. The first-order valence-electron chi connectivity index (χ1n) is 10.7. The fourth-order valence-corrected chi connectivity index (χ4v) is 3.75. The summed E-state index contributed by atoms with van der Waals surface area (Å²) in [5.74, 6) is -0.0895. The van der Waals surface area contributed by atoms with E-state index in [4.69, 9.17) is 12.2 Å². The van der Waals surface area contributed by atoms with Crippen LogP contribution in [-0.2, 0) is 4.79 Å². The van der Waals surface area contributed by atoms with E-state index in [0.29, 0.717) is 6.42 Å². The second-order valence-corrected chi connectivity index (χ2v) is 7.95. The van der Waals surface area contributed by atoms with E-state index in [0.717, 1.165) is 53.0 Å². The zero-order valence-corrected chi connectivity index (χ0v) is 19.6. The number of nitrogens with one attached hydrogen (secondary N) is 2. The average Bonchev–Trinajstić information content (AvgIpc) is 3.11. The number of thiocarbonyl (C=S) groups is 1. The lowest BCUT2D eigenvalue weighted by atomic mass is 10.1. The summed E-state index contributed by atoms with van der Waals surface area (Å²) >= 11 is 5.27. The van der Waals surface area contributed by atoms with Crippen LogP contribution in [0, 0.1) is 13.8 Å². The smallest absolute Gasteiger partial charge is 0.226 e. The number of rotatable bonds is 7. The Hall–Kier alpha value is -3.00. The van der Waals surface area contributed by atoms with Gasteiger partial charge in [0.2, 0.25) is 5.91 Å². The van der Waals surface area contributed by atoms with Crippen LogP contribution in [0.2, 0.25) is 0 Å². The summed E-state index contributed by atoms with van der Waals surface area (Å²) in [7, 11) is 0. The quantitative estimate of drug-likeness (QED) is 0.529. The first kappa shape index (κ1) is 22.7. The summed E-state index contributed by atoms with van der Waals surface area (Å²) in [6.07, 6.45) is 1.22. The highest BCUT2D eigenvalue weighted by Crippen LogP contribution is 2.25. The molecule has 0 aliphatic carbocycles. The van der Waals surface area contributed by atoms with Crippen molar-refractivity contribution >= 4 is 45.6 Å². The molecule has 0 radical (unpaired) electrons. The molecule has 2 N–H and O–H groups in total. The number of aromatic nitrogens is 3. The molecule has 8 heteroatoms. The topological polar surface area (TPSA) is 75.1 Å². The molecular weight excluding hydrogens is 408 g/mol. The lowest BCUT2D eigenvalue weighted by molar-refractivity contribution is -0.119. The second-order valence-electron chi connectivity index (χ2n) is 7.54. The van der Waals surface area contributed by atoms with Gasteiger partial charge in [0, 0.05) is 30.9 Å². The van der Waals surface area contributed by atoms with Gasteiger partial charge in [-0.1, -0.05) is 6.92 Å². The van der Waals surface area contributed by atoms with Gasteiger partial charge >= 0.3 is 0 Å². The molecule has 2 aromatic carbocycles. The van der Waals surface area contributed by atoms with Crippen molar-refractivity contribution in [2.75, 3.05) is 23.3 Å². The summed E-state index contributed by atoms with van der Waals surface area (Å²) in [5.41, 5.74) is 6.58. The molecule has 0 saturated heterocycles. The molecule has 0 aliphatic rings. The first-order chi connectivity index (χ1) is 14.9. The van der Waals surface area contributed by atoms with Crippen LogP contribution in [-0.4, -0.2) is 39.1 Å². The van der Waals surface area contributed by atoms with Gasteiger partial charge < -0.3 is 15.5 Å². The maximum atomic E-state index is 11.8. The van der Waals surface area contributed by atoms with E-state index in [9.17, 15) is 4.79 Å². The normalized spacial score (nSPS) is 10.9. The fourth-order valence-electron chi connectivity index (χ4n) is 3.53. The standard InChI is InChI=1S/C23H30N6OS/c1-6-9-22(30)25-23(31)24-18-14-20-19(13-15(18)4)26-29(27-20)21-11-10-17(12-16(21)5)28(7-2)8-3/h10-14H,6-9H2,1-5H3,(H2,24,25,30,31). The van der Waals surface area contributed by atoms with Crippen molar-refractivity contribution in [3.8, 4) is 5.69 Å². The van der Waals surface area contributed by atoms with Crippen LogP contribution in [0.3, 0.4) is 0 Å². The average molecular weight is 439 g/mol. The van der Waals surface area contributed by atoms with E-state index in [2.05, 4.69) is 64.7 Å². The molecule has 0 unspecified atom stereocenters. The maximum absolute atomic E-state index is 11.8. The van der Waals surface area contributed by atoms with E-state index in [1.807, 2.05) is 26.0 Å². The van der Waals surface area contributed by atoms with Crippen LogP contribution in [0.1, 0.15) is 44.7 Å². The highest BCUT2D eigenvalue weighted by atomic mass is 32.1. The third-order valence-corrected chi connectivity index (χ3v) is 5.43. The van der Waals surface area contributed by atoms with Gasteiger partial charge in [0.25, 0.3) is 0 Å². The number of nitrogens with zero attached hydrogens (tertiary/aromatic N) is 4. The number of amides is 1.